The minimum Gasteiger partial charge on any atom is -0.508 e. The van der Waals surface area contributed by atoms with Crippen LogP contribution in [0.5, 0.6) is 11.5 Å². The van der Waals surface area contributed by atoms with E-state index in [0.29, 0.717) is 53.4 Å². The molecule has 0 bridgehead atoms. The summed E-state index contributed by atoms with van der Waals surface area (Å²) in [5.41, 5.74) is 7.62. The van der Waals surface area contributed by atoms with E-state index in [0.717, 1.165) is 11.1 Å². The van der Waals surface area contributed by atoms with Crippen molar-refractivity contribution in [3.05, 3.63) is 130 Å². The fourth-order valence-electron chi connectivity index (χ4n) is 8.62. The van der Waals surface area contributed by atoms with Gasteiger partial charge in [-0.3, -0.25) is 0 Å². The van der Waals surface area contributed by atoms with Gasteiger partial charge in [-0.25, -0.2) is 0 Å². The molecule has 2 aliphatic rings. The van der Waals surface area contributed by atoms with Crippen molar-refractivity contribution in [1.82, 2.24) is 0 Å². The molecule has 2 fully saturated rings. The van der Waals surface area contributed by atoms with Crippen LogP contribution >= 0.6 is 0 Å². The summed E-state index contributed by atoms with van der Waals surface area (Å²) < 4.78 is 0. The maximum absolute atomic E-state index is 10.9. The van der Waals surface area contributed by atoms with Gasteiger partial charge in [0.05, 0.1) is 0 Å². The SMILES string of the molecule is CC(c1ccccc1)C1CCCCC1c1cc(O)cc(Cc2cc(O)cc(C3CCCCC3C(C)c3ccccc3)c2)c1. The van der Waals surface area contributed by atoms with Crippen LogP contribution < -0.4 is 0 Å². The molecule has 224 valence electrons. The van der Waals surface area contributed by atoms with Crippen molar-refractivity contribution in [1.29, 1.82) is 0 Å². The predicted molar refractivity (Wildman–Crippen MR) is 178 cm³/mol. The maximum Gasteiger partial charge on any atom is 0.116 e. The van der Waals surface area contributed by atoms with Crippen molar-refractivity contribution in [2.45, 2.75) is 95.3 Å². The van der Waals surface area contributed by atoms with Gasteiger partial charge in [-0.2, -0.15) is 0 Å². The van der Waals surface area contributed by atoms with Crippen molar-refractivity contribution in [3.63, 3.8) is 0 Å². The van der Waals surface area contributed by atoms with Gasteiger partial charge < -0.3 is 10.2 Å². The molecule has 2 N–H and O–H groups in total. The summed E-state index contributed by atoms with van der Waals surface area (Å²) in [7, 11) is 0. The highest BCUT2D eigenvalue weighted by molar-refractivity contribution is 5.42. The van der Waals surface area contributed by atoms with Gasteiger partial charge in [0.15, 0.2) is 0 Å². The Bertz CT molecular complexity index is 1360. The fourth-order valence-corrected chi connectivity index (χ4v) is 8.62. The minimum atomic E-state index is 0.355. The quantitative estimate of drug-likeness (QED) is 0.220. The Balaban J connectivity index is 1.26. The van der Waals surface area contributed by atoms with Crippen LogP contribution in [0.25, 0.3) is 0 Å². The van der Waals surface area contributed by atoms with Gasteiger partial charge in [0.2, 0.25) is 0 Å². The van der Waals surface area contributed by atoms with Crippen LogP contribution in [-0.2, 0) is 6.42 Å². The first-order valence-corrected chi connectivity index (χ1v) is 16.7. The van der Waals surface area contributed by atoms with Gasteiger partial charge in [0, 0.05) is 0 Å². The Morgan fingerprint density at radius 2 is 0.930 bits per heavy atom. The second kappa shape index (κ2) is 13.4. The monoisotopic (exact) mass is 572 g/mol. The molecule has 0 spiro atoms. The lowest BCUT2D eigenvalue weighted by Gasteiger charge is -2.37. The predicted octanol–water partition coefficient (Wildman–Crippen LogP) is 10.8. The van der Waals surface area contributed by atoms with E-state index in [1.807, 2.05) is 24.3 Å². The number of phenols is 2. The molecule has 0 radical (unpaired) electrons. The number of phenolic OH excluding ortho intramolecular Hbond substituents is 2. The van der Waals surface area contributed by atoms with E-state index >= 15 is 0 Å². The third-order valence-electron chi connectivity index (χ3n) is 10.8. The lowest BCUT2D eigenvalue weighted by Crippen LogP contribution is -2.23. The van der Waals surface area contributed by atoms with Crippen LogP contribution in [0.2, 0.25) is 0 Å². The zero-order valence-corrected chi connectivity index (χ0v) is 26.0. The van der Waals surface area contributed by atoms with Gasteiger partial charge >= 0.3 is 0 Å². The highest BCUT2D eigenvalue weighted by atomic mass is 16.3. The normalized spacial score (nSPS) is 23.9. The molecule has 6 atom stereocenters. The summed E-state index contributed by atoms with van der Waals surface area (Å²) in [6.07, 6.45) is 10.5. The van der Waals surface area contributed by atoms with E-state index in [1.165, 1.54) is 73.6 Å². The lowest BCUT2D eigenvalue weighted by atomic mass is 9.68. The zero-order valence-electron chi connectivity index (χ0n) is 26.0. The van der Waals surface area contributed by atoms with Crippen LogP contribution in [-0.4, -0.2) is 10.2 Å². The minimum absolute atomic E-state index is 0.355. The summed E-state index contributed by atoms with van der Waals surface area (Å²) in [6.45, 7) is 4.76. The van der Waals surface area contributed by atoms with Crippen LogP contribution in [0.3, 0.4) is 0 Å². The van der Waals surface area contributed by atoms with Gasteiger partial charge in [-0.1, -0.05) is 112 Å². The summed E-state index contributed by atoms with van der Waals surface area (Å²) in [4.78, 5) is 0. The van der Waals surface area contributed by atoms with E-state index in [2.05, 4.69) is 86.6 Å². The number of aromatic hydroxyl groups is 2. The van der Waals surface area contributed by atoms with Crippen LogP contribution in [0.1, 0.15) is 122 Å². The van der Waals surface area contributed by atoms with Crippen molar-refractivity contribution in [2.75, 3.05) is 0 Å². The zero-order chi connectivity index (χ0) is 29.8. The van der Waals surface area contributed by atoms with Crippen molar-refractivity contribution < 1.29 is 10.2 Å². The first-order chi connectivity index (χ1) is 21.0. The number of rotatable bonds is 8. The average molecular weight is 573 g/mol. The van der Waals surface area contributed by atoms with Gasteiger partial charge in [-0.15, -0.1) is 0 Å². The van der Waals surface area contributed by atoms with E-state index in [9.17, 15) is 10.2 Å². The fraction of sp³-hybridized carbons (Fsp3) is 0.415. The summed E-state index contributed by atoms with van der Waals surface area (Å²) in [5, 5.41) is 21.8. The van der Waals surface area contributed by atoms with Gasteiger partial charge in [0.1, 0.15) is 11.5 Å². The standard InChI is InChI=1S/C41H48O2/c1-28(32-13-5-3-6-14-32)38-17-9-11-19-40(38)34-22-30(24-36(42)26-34)21-31-23-35(27-37(43)25-31)41-20-12-10-18-39(41)29(2)33-15-7-4-8-16-33/h3-8,13-16,22-29,38-43H,9-12,17-21H2,1-2H3. The van der Waals surface area contributed by atoms with E-state index in [1.54, 1.807) is 0 Å². The summed E-state index contributed by atoms with van der Waals surface area (Å²) >= 11 is 0. The van der Waals surface area contributed by atoms with E-state index < -0.39 is 0 Å². The Morgan fingerprint density at radius 3 is 1.35 bits per heavy atom. The topological polar surface area (TPSA) is 40.5 Å². The van der Waals surface area contributed by atoms with Gasteiger partial charge in [-0.05, 0) is 125 Å². The molecule has 6 rings (SSSR count). The summed E-state index contributed by atoms with van der Waals surface area (Å²) in [6, 6.07) is 34.4. The van der Waals surface area contributed by atoms with E-state index in [-0.39, 0.29) is 0 Å². The largest absolute Gasteiger partial charge is 0.508 e. The molecule has 2 aliphatic carbocycles. The number of hydrogen-bond donors (Lipinski definition) is 2. The van der Waals surface area contributed by atoms with Crippen molar-refractivity contribution in [2.24, 2.45) is 11.8 Å². The van der Waals surface area contributed by atoms with Crippen LogP contribution in [0, 0.1) is 11.8 Å². The van der Waals surface area contributed by atoms with Crippen LogP contribution in [0.4, 0.5) is 0 Å². The molecule has 0 amide bonds. The molecule has 0 heterocycles. The molecule has 0 aromatic heterocycles. The molecular weight excluding hydrogens is 524 g/mol. The van der Waals surface area contributed by atoms with Gasteiger partial charge in [0.25, 0.3) is 0 Å². The second-order valence-corrected chi connectivity index (χ2v) is 13.6. The Morgan fingerprint density at radius 1 is 0.535 bits per heavy atom. The highest BCUT2D eigenvalue weighted by Crippen LogP contribution is 2.47. The first-order valence-electron chi connectivity index (χ1n) is 16.7. The Hall–Kier alpha value is -3.52. The molecule has 4 aromatic carbocycles. The molecule has 6 unspecified atom stereocenters. The Kier molecular flexibility index (Phi) is 9.22. The molecule has 43 heavy (non-hydrogen) atoms. The third-order valence-corrected chi connectivity index (χ3v) is 10.8. The molecular formula is C41H48O2. The smallest absolute Gasteiger partial charge is 0.116 e. The molecule has 2 heteroatoms. The molecule has 4 aromatic rings. The van der Waals surface area contributed by atoms with E-state index in [4.69, 9.17) is 0 Å². The Labute approximate surface area is 258 Å². The van der Waals surface area contributed by atoms with Crippen molar-refractivity contribution >= 4 is 0 Å². The lowest BCUT2D eigenvalue weighted by molar-refractivity contribution is 0.270. The second-order valence-electron chi connectivity index (χ2n) is 13.6. The van der Waals surface area contributed by atoms with Crippen molar-refractivity contribution in [3.8, 4) is 11.5 Å². The average Bonchev–Trinajstić information content (AvgIpc) is 3.04. The first kappa shape index (κ1) is 29.5. The number of hydrogen-bond acceptors (Lipinski definition) is 2. The molecule has 0 aliphatic heterocycles. The number of benzene rings is 4. The molecule has 0 saturated heterocycles. The van der Waals surface area contributed by atoms with Crippen LogP contribution in [0.15, 0.2) is 97.1 Å². The highest BCUT2D eigenvalue weighted by Gasteiger charge is 2.33. The maximum atomic E-state index is 10.9. The third kappa shape index (κ3) is 6.85. The molecule has 2 nitrogen and oxygen atoms in total. The molecule has 2 saturated carbocycles. The summed E-state index contributed by atoms with van der Waals surface area (Å²) in [5.74, 6) is 3.68.